The van der Waals surface area contributed by atoms with Gasteiger partial charge in [0.15, 0.2) is 5.79 Å². The van der Waals surface area contributed by atoms with Crippen molar-refractivity contribution in [1.29, 1.82) is 0 Å². The minimum Gasteiger partial charge on any atom is -0.463 e. The molecule has 3 saturated carbocycles. The highest BCUT2D eigenvalue weighted by atomic mass is 28.4. The van der Waals surface area contributed by atoms with Gasteiger partial charge in [0, 0.05) is 19.3 Å². The molecule has 396 valence electrons. The van der Waals surface area contributed by atoms with Gasteiger partial charge in [-0.2, -0.15) is 0 Å². The molecular weight excluding hydrogens is 949 g/mol. The molecule has 0 radical (unpaired) electrons. The average molecular weight is 1030 g/mol. The highest BCUT2D eigenvalue weighted by molar-refractivity contribution is 6.99. The molecule has 4 aliphatic carbocycles. The second kappa shape index (κ2) is 20.5. The van der Waals surface area contributed by atoms with Crippen LogP contribution in [0.25, 0.3) is 0 Å². The molecule has 5 aliphatic rings. The summed E-state index contributed by atoms with van der Waals surface area (Å²) in [5.41, 5.74) is -5.72. The lowest BCUT2D eigenvalue weighted by Crippen LogP contribution is -2.74. The van der Waals surface area contributed by atoms with Crippen LogP contribution in [0.5, 0.6) is 0 Å². The average Bonchev–Trinajstić information content (AvgIpc) is 3.62. The fraction of sp³-hybridized carbons (Fsp3) is 0.532. The molecule has 9 rings (SSSR count). The van der Waals surface area contributed by atoms with Crippen molar-refractivity contribution in [3.63, 3.8) is 0 Å². The van der Waals surface area contributed by atoms with Crippen LogP contribution in [0.2, 0.25) is 5.04 Å². The number of hydrogen-bond acceptors (Lipinski definition) is 11. The molecule has 4 aromatic carbocycles. The Morgan fingerprint density at radius 3 is 1.82 bits per heavy atom. The van der Waals surface area contributed by atoms with Gasteiger partial charge in [-0.1, -0.05) is 144 Å². The van der Waals surface area contributed by atoms with E-state index in [1.54, 1.807) is 48.6 Å². The van der Waals surface area contributed by atoms with Crippen LogP contribution in [0.3, 0.4) is 0 Å². The molecule has 1 heterocycles. The highest BCUT2D eigenvalue weighted by Crippen LogP contribution is 2.70. The minimum absolute atomic E-state index is 0.0346. The van der Waals surface area contributed by atoms with E-state index in [0.29, 0.717) is 50.0 Å². The Morgan fingerprint density at radius 1 is 0.716 bits per heavy atom. The number of benzene rings is 4. The first-order chi connectivity index (χ1) is 35.1. The van der Waals surface area contributed by atoms with E-state index in [-0.39, 0.29) is 59.7 Å². The summed E-state index contributed by atoms with van der Waals surface area (Å²) in [5, 5.41) is 29.6. The Kier molecular flexibility index (Phi) is 14.9. The maximum absolute atomic E-state index is 14.4. The Balaban J connectivity index is 1.08. The van der Waals surface area contributed by atoms with Gasteiger partial charge in [-0.05, 0) is 128 Å². The number of esters is 3. The highest BCUT2D eigenvalue weighted by Gasteiger charge is 2.77. The van der Waals surface area contributed by atoms with Gasteiger partial charge in [0.05, 0.1) is 42.0 Å². The molecule has 11 atom stereocenters. The van der Waals surface area contributed by atoms with E-state index in [0.717, 1.165) is 29.6 Å². The maximum atomic E-state index is 14.4. The third-order valence-corrected chi connectivity index (χ3v) is 23.8. The minimum atomic E-state index is -3.15. The second-order valence-corrected chi connectivity index (χ2v) is 28.2. The van der Waals surface area contributed by atoms with Crippen molar-refractivity contribution in [2.24, 2.45) is 34.5 Å². The Morgan fingerprint density at radius 2 is 1.27 bits per heavy atom. The fourth-order valence-corrected chi connectivity index (χ4v) is 19.3. The molecule has 11 nitrogen and oxygen atoms in total. The first kappa shape index (κ1) is 53.9. The predicted octanol–water partition coefficient (Wildman–Crippen LogP) is 10.2. The topological polar surface area (TPSA) is 147 Å². The van der Waals surface area contributed by atoms with Crippen molar-refractivity contribution in [2.75, 3.05) is 19.8 Å². The molecule has 0 spiro atoms. The zero-order chi connectivity index (χ0) is 52.8. The SMILES string of the molecule is CC(=O)O[C@H]1CC[C@@]2(C)[C@@H](CC[C@@H]3[C@@H]2C[C@@H](OC(=O)c2ccccc2)[C@@]2(C)[C@@]3(O)C=C[C@]2(O)[C@H](C)C2(CC[C@@](C)(CO[Si](c3ccccc3)(c3ccccc3)C(C)(C)C)OC(=O)c3ccccc3)OCCCO2)C1. The summed E-state index contributed by atoms with van der Waals surface area (Å²) in [6.45, 7) is 16.8. The molecule has 0 bridgehead atoms. The number of ether oxygens (including phenoxy) is 5. The lowest BCUT2D eigenvalue weighted by molar-refractivity contribution is -0.342. The smallest absolute Gasteiger partial charge is 0.338 e. The summed E-state index contributed by atoms with van der Waals surface area (Å²) in [5.74, 6) is -3.78. The van der Waals surface area contributed by atoms with Crippen molar-refractivity contribution >= 4 is 36.6 Å². The van der Waals surface area contributed by atoms with E-state index in [1.165, 1.54) is 6.92 Å². The summed E-state index contributed by atoms with van der Waals surface area (Å²) in [4.78, 5) is 40.8. The summed E-state index contributed by atoms with van der Waals surface area (Å²) in [6, 6.07) is 38.5. The van der Waals surface area contributed by atoms with Crippen LogP contribution in [0.15, 0.2) is 133 Å². The van der Waals surface area contributed by atoms with Crippen LogP contribution < -0.4 is 10.4 Å². The molecule has 0 amide bonds. The first-order valence-electron chi connectivity index (χ1n) is 27.0. The lowest BCUT2D eigenvalue weighted by atomic mass is 9.41. The zero-order valence-corrected chi connectivity index (χ0v) is 45.7. The van der Waals surface area contributed by atoms with Crippen LogP contribution >= 0.6 is 0 Å². The van der Waals surface area contributed by atoms with Gasteiger partial charge in [0.1, 0.15) is 23.4 Å². The molecule has 74 heavy (non-hydrogen) atoms. The van der Waals surface area contributed by atoms with Crippen LogP contribution in [0.1, 0.15) is 134 Å². The molecular formula is C62H78O11Si. The molecule has 4 fully saturated rings. The lowest BCUT2D eigenvalue weighted by Gasteiger charge is -2.66. The maximum Gasteiger partial charge on any atom is 0.338 e. The Hall–Kier alpha value is -4.95. The monoisotopic (exact) mass is 1030 g/mol. The molecule has 4 aromatic rings. The molecule has 2 N–H and O–H groups in total. The normalized spacial score (nSPS) is 31.6. The summed E-state index contributed by atoms with van der Waals surface area (Å²) in [7, 11) is -3.15. The van der Waals surface area contributed by atoms with Gasteiger partial charge in [-0.3, -0.25) is 4.79 Å². The van der Waals surface area contributed by atoms with E-state index in [2.05, 4.69) is 52.0 Å². The van der Waals surface area contributed by atoms with Crippen molar-refractivity contribution in [1.82, 2.24) is 0 Å². The van der Waals surface area contributed by atoms with Gasteiger partial charge < -0.3 is 38.3 Å². The summed E-state index contributed by atoms with van der Waals surface area (Å²) >= 11 is 0. The first-order valence-corrected chi connectivity index (χ1v) is 29.0. The quantitative estimate of drug-likeness (QED) is 0.0508. The number of carbonyl (C=O) groups is 3. The Bertz CT molecular complexity index is 2600. The fourth-order valence-electron chi connectivity index (χ4n) is 14.6. The summed E-state index contributed by atoms with van der Waals surface area (Å²) in [6.07, 6.45) is 7.53. The Labute approximate surface area is 439 Å². The molecule has 1 saturated heterocycles. The number of fused-ring (bicyclic) bond motifs is 5. The van der Waals surface area contributed by atoms with Crippen LogP contribution in [-0.2, 0) is 32.9 Å². The largest absolute Gasteiger partial charge is 0.463 e. The van der Waals surface area contributed by atoms with Crippen molar-refractivity contribution in [2.45, 2.75) is 153 Å². The standard InChI is InChI=1S/C62H78O11Si/c1-43(60(66)35-36-61(67)51-31-30-47-40-48(71-44(2)63)32-33-58(47,7)52(51)41-53(59(60,61)8)72-54(64)45-22-13-9-14-23-45)62(68-38-21-39-69-62)37-34-57(6,73-55(65)46-24-15-10-16-25-46)42-70-74(56(3,4)5,49-26-17-11-18-27-49)50-28-19-12-20-29-50/h9-20,22-29,35-36,43,47-48,51-53,66-67H,21,30-34,37-42H2,1-8H3/t43-,47-,48-,51+,52-,53+,57-,58-,59+,60-,61+/m0/s1. The molecule has 12 heteroatoms. The van der Waals surface area contributed by atoms with E-state index in [9.17, 15) is 24.6 Å². The van der Waals surface area contributed by atoms with Gasteiger partial charge in [-0.25, -0.2) is 9.59 Å². The molecule has 0 aromatic heterocycles. The molecule has 0 unspecified atom stereocenters. The van der Waals surface area contributed by atoms with E-state index >= 15 is 0 Å². The predicted molar refractivity (Wildman–Crippen MR) is 286 cm³/mol. The number of aliphatic hydroxyl groups is 2. The van der Waals surface area contributed by atoms with E-state index < -0.39 is 60.3 Å². The zero-order valence-electron chi connectivity index (χ0n) is 44.7. The number of rotatable bonds is 15. The third kappa shape index (κ3) is 9.33. The van der Waals surface area contributed by atoms with Gasteiger partial charge in [-0.15, -0.1) is 0 Å². The van der Waals surface area contributed by atoms with Gasteiger partial charge in [0.2, 0.25) is 0 Å². The van der Waals surface area contributed by atoms with Crippen molar-refractivity contribution in [3.05, 3.63) is 145 Å². The van der Waals surface area contributed by atoms with Crippen LogP contribution in [0, 0.1) is 34.5 Å². The summed E-state index contributed by atoms with van der Waals surface area (Å²) < 4.78 is 40.5. The van der Waals surface area contributed by atoms with Crippen molar-refractivity contribution in [3.8, 4) is 0 Å². The van der Waals surface area contributed by atoms with Crippen LogP contribution in [0.4, 0.5) is 0 Å². The van der Waals surface area contributed by atoms with Crippen molar-refractivity contribution < 1.29 is 52.7 Å². The van der Waals surface area contributed by atoms with Gasteiger partial charge in [0.25, 0.3) is 8.32 Å². The van der Waals surface area contributed by atoms with Gasteiger partial charge >= 0.3 is 17.9 Å². The van der Waals surface area contributed by atoms with E-state index in [1.807, 2.05) is 81.4 Å². The van der Waals surface area contributed by atoms with Crippen LogP contribution in [-0.4, -0.2) is 91.1 Å². The van der Waals surface area contributed by atoms with E-state index in [4.69, 9.17) is 28.1 Å². The molecule has 1 aliphatic heterocycles. The number of carbonyl (C=O) groups excluding carboxylic acids is 3. The second-order valence-electron chi connectivity index (χ2n) is 23.9. The number of hydrogen-bond donors (Lipinski definition) is 2. The third-order valence-electron chi connectivity index (χ3n) is 18.8.